The molecule has 1 aliphatic heterocycles. The Morgan fingerprint density at radius 3 is 2.73 bits per heavy atom. The van der Waals surface area contributed by atoms with Gasteiger partial charge in [-0.25, -0.2) is 8.78 Å². The average molecular weight is 435 g/mol. The van der Waals surface area contributed by atoms with Crippen LogP contribution in [0, 0.1) is 17.6 Å². The smallest absolute Gasteiger partial charge is 0.318 e. The Bertz CT molecular complexity index is 925. The zero-order valence-corrected chi connectivity index (χ0v) is 17.7. The second kappa shape index (κ2) is 9.93. The average Bonchev–Trinajstić information content (AvgIpc) is 3.22. The molecule has 0 saturated carbocycles. The van der Waals surface area contributed by atoms with Gasteiger partial charge < -0.3 is 15.0 Å². The van der Waals surface area contributed by atoms with Gasteiger partial charge in [0, 0.05) is 36.3 Å². The van der Waals surface area contributed by atoms with Crippen LogP contribution in [0.25, 0.3) is 0 Å². The Morgan fingerprint density at radius 2 is 2.00 bits per heavy atom. The number of nitrogens with one attached hydrogen (secondary N) is 1. The molecule has 0 radical (unpaired) electrons. The predicted molar refractivity (Wildman–Crippen MR) is 113 cm³/mol. The molecular weight excluding hydrogens is 410 g/mol. The minimum absolute atomic E-state index is 0.205. The summed E-state index contributed by atoms with van der Waals surface area (Å²) in [6.07, 6.45) is 0.842. The maximum atomic E-state index is 13.5. The van der Waals surface area contributed by atoms with E-state index in [-0.39, 0.29) is 17.8 Å². The molecule has 160 valence electrons. The summed E-state index contributed by atoms with van der Waals surface area (Å²) >= 11 is 1.28. The number of nitrogens with zero attached hydrogens (tertiary/aromatic N) is 1. The van der Waals surface area contributed by atoms with E-state index >= 15 is 0 Å². The molecule has 1 fully saturated rings. The number of halogens is 2. The zero-order chi connectivity index (χ0) is 21.7. The van der Waals surface area contributed by atoms with Crippen molar-refractivity contribution in [2.24, 2.45) is 5.92 Å². The molecule has 2 atom stereocenters. The van der Waals surface area contributed by atoms with Crippen LogP contribution in [0.5, 0.6) is 0 Å². The number of amides is 1. The first-order valence-electron chi connectivity index (χ1n) is 9.70. The maximum Gasteiger partial charge on any atom is 0.318 e. The molecule has 0 spiro atoms. The number of carbonyl (C=O) groups excluding carboxylic acids is 2. The molecule has 2 aromatic rings. The first-order chi connectivity index (χ1) is 14.4. The van der Waals surface area contributed by atoms with E-state index in [4.69, 9.17) is 4.74 Å². The van der Waals surface area contributed by atoms with Gasteiger partial charge in [-0.15, -0.1) is 11.8 Å². The van der Waals surface area contributed by atoms with E-state index in [1.54, 1.807) is 31.2 Å². The van der Waals surface area contributed by atoms with Crippen LogP contribution in [0.1, 0.15) is 23.7 Å². The molecule has 30 heavy (non-hydrogen) atoms. The van der Waals surface area contributed by atoms with Gasteiger partial charge in [0.25, 0.3) is 5.91 Å². The van der Waals surface area contributed by atoms with Crippen molar-refractivity contribution in [3.05, 3.63) is 59.7 Å². The standard InChI is InChI=1S/C22H24F2N2O3S/c1-14(22(28)29-2)30-20-6-4-3-5-17(20)21(27)25-12-15-9-10-26(13-15)16-7-8-18(23)19(24)11-16/h3-8,11,14-15H,9-10,12-13H2,1-2H3,(H,25,27). The molecule has 1 heterocycles. The van der Waals surface area contributed by atoms with Crippen LogP contribution in [0.15, 0.2) is 47.4 Å². The predicted octanol–water partition coefficient (Wildman–Crippen LogP) is 3.87. The second-order valence-corrected chi connectivity index (χ2v) is 8.57. The third-order valence-electron chi connectivity index (χ3n) is 5.07. The maximum absolute atomic E-state index is 13.5. The zero-order valence-electron chi connectivity index (χ0n) is 16.9. The lowest BCUT2D eigenvalue weighted by Gasteiger charge is -2.19. The number of rotatable bonds is 7. The van der Waals surface area contributed by atoms with Crippen molar-refractivity contribution < 1.29 is 23.1 Å². The second-order valence-electron chi connectivity index (χ2n) is 7.19. The monoisotopic (exact) mass is 434 g/mol. The van der Waals surface area contributed by atoms with E-state index in [1.165, 1.54) is 24.9 Å². The number of carbonyl (C=O) groups is 2. The molecule has 1 amide bonds. The van der Waals surface area contributed by atoms with Gasteiger partial charge in [0.05, 0.1) is 12.7 Å². The topological polar surface area (TPSA) is 58.6 Å². The van der Waals surface area contributed by atoms with Gasteiger partial charge in [-0.2, -0.15) is 0 Å². The minimum atomic E-state index is -0.862. The molecule has 1 saturated heterocycles. The molecule has 1 aliphatic rings. The summed E-state index contributed by atoms with van der Waals surface area (Å²) < 4.78 is 31.4. The van der Waals surface area contributed by atoms with Crippen molar-refractivity contribution in [1.29, 1.82) is 0 Å². The molecule has 0 bridgehead atoms. The summed E-state index contributed by atoms with van der Waals surface area (Å²) in [4.78, 5) is 27.1. The largest absolute Gasteiger partial charge is 0.468 e. The van der Waals surface area contributed by atoms with Gasteiger partial charge in [-0.3, -0.25) is 9.59 Å². The lowest BCUT2D eigenvalue weighted by atomic mass is 10.1. The summed E-state index contributed by atoms with van der Waals surface area (Å²) in [6.45, 7) is 3.58. The molecule has 0 aromatic heterocycles. The van der Waals surface area contributed by atoms with Gasteiger partial charge in [0.2, 0.25) is 0 Å². The number of hydrogen-bond donors (Lipinski definition) is 1. The number of esters is 1. The van der Waals surface area contributed by atoms with Crippen LogP contribution in [-0.2, 0) is 9.53 Å². The van der Waals surface area contributed by atoms with Gasteiger partial charge in [-0.1, -0.05) is 12.1 Å². The Morgan fingerprint density at radius 1 is 1.23 bits per heavy atom. The highest BCUT2D eigenvalue weighted by molar-refractivity contribution is 8.00. The van der Waals surface area contributed by atoms with Crippen LogP contribution in [-0.4, -0.2) is 43.9 Å². The number of ether oxygens (including phenoxy) is 1. The highest BCUT2D eigenvalue weighted by atomic mass is 32.2. The first-order valence-corrected chi connectivity index (χ1v) is 10.6. The lowest BCUT2D eigenvalue weighted by molar-refractivity contribution is -0.139. The molecule has 1 N–H and O–H groups in total. The summed E-state index contributed by atoms with van der Waals surface area (Å²) in [7, 11) is 1.34. The molecular formula is C22H24F2N2O3S. The summed E-state index contributed by atoms with van der Waals surface area (Å²) in [5.74, 6) is -2.07. The molecule has 3 rings (SSSR count). The molecule has 8 heteroatoms. The van der Waals surface area contributed by atoms with Gasteiger partial charge >= 0.3 is 5.97 Å². The van der Waals surface area contributed by atoms with Crippen LogP contribution >= 0.6 is 11.8 Å². The van der Waals surface area contributed by atoms with Crippen molar-refractivity contribution in [2.45, 2.75) is 23.5 Å². The summed E-state index contributed by atoms with van der Waals surface area (Å²) in [5.41, 5.74) is 1.15. The van der Waals surface area contributed by atoms with E-state index in [0.717, 1.165) is 12.5 Å². The third-order valence-corrected chi connectivity index (χ3v) is 6.23. The first kappa shape index (κ1) is 22.1. The molecule has 5 nitrogen and oxygen atoms in total. The van der Waals surface area contributed by atoms with Crippen molar-refractivity contribution in [3.8, 4) is 0 Å². The lowest BCUT2D eigenvalue weighted by Crippen LogP contribution is -2.31. The van der Waals surface area contributed by atoms with Crippen molar-refractivity contribution in [1.82, 2.24) is 5.32 Å². The SMILES string of the molecule is COC(=O)C(C)Sc1ccccc1C(=O)NCC1CCN(c2ccc(F)c(F)c2)C1. The normalized spacial score (nSPS) is 16.9. The van der Waals surface area contributed by atoms with Gasteiger partial charge in [0.15, 0.2) is 11.6 Å². The van der Waals surface area contributed by atoms with Gasteiger partial charge in [-0.05, 0) is 43.5 Å². The Hall–Kier alpha value is -2.61. The van der Waals surface area contributed by atoms with E-state index in [0.29, 0.717) is 35.8 Å². The van der Waals surface area contributed by atoms with Crippen molar-refractivity contribution in [3.63, 3.8) is 0 Å². The van der Waals surface area contributed by atoms with Crippen LogP contribution in [0.2, 0.25) is 0 Å². The van der Waals surface area contributed by atoms with Crippen LogP contribution in [0.4, 0.5) is 14.5 Å². The fourth-order valence-electron chi connectivity index (χ4n) is 3.41. The third kappa shape index (κ3) is 5.30. The Labute approximate surface area is 178 Å². The van der Waals surface area contributed by atoms with Crippen LogP contribution < -0.4 is 10.2 Å². The van der Waals surface area contributed by atoms with E-state index in [2.05, 4.69) is 5.32 Å². The summed E-state index contributed by atoms with van der Waals surface area (Å²) in [5, 5.41) is 2.53. The Balaban J connectivity index is 1.57. The quantitative estimate of drug-likeness (QED) is 0.530. The van der Waals surface area contributed by atoms with Crippen LogP contribution in [0.3, 0.4) is 0 Å². The fraction of sp³-hybridized carbons (Fsp3) is 0.364. The molecule has 2 unspecified atom stereocenters. The summed E-state index contributed by atoms with van der Waals surface area (Å²) in [6, 6.07) is 11.0. The number of benzene rings is 2. The molecule has 2 aromatic carbocycles. The number of hydrogen-bond acceptors (Lipinski definition) is 5. The number of anilines is 1. The van der Waals surface area contributed by atoms with Gasteiger partial charge in [0.1, 0.15) is 5.25 Å². The highest BCUT2D eigenvalue weighted by Gasteiger charge is 2.25. The molecule has 0 aliphatic carbocycles. The van der Waals surface area contributed by atoms with Crippen molar-refractivity contribution >= 4 is 29.3 Å². The van der Waals surface area contributed by atoms with E-state index in [9.17, 15) is 18.4 Å². The fourth-order valence-corrected chi connectivity index (χ4v) is 4.43. The number of thioether (sulfide) groups is 1. The minimum Gasteiger partial charge on any atom is -0.468 e. The highest BCUT2D eigenvalue weighted by Crippen LogP contribution is 2.28. The number of methoxy groups -OCH3 is 1. The Kier molecular flexibility index (Phi) is 7.31. The van der Waals surface area contributed by atoms with Crippen molar-refractivity contribution in [2.75, 3.05) is 31.6 Å². The van der Waals surface area contributed by atoms with E-state index < -0.39 is 16.9 Å². The van der Waals surface area contributed by atoms with E-state index in [1.807, 2.05) is 11.0 Å².